The van der Waals surface area contributed by atoms with Gasteiger partial charge < -0.3 is 5.32 Å². The lowest BCUT2D eigenvalue weighted by atomic mass is 10.1. The summed E-state index contributed by atoms with van der Waals surface area (Å²) >= 11 is 1.56. The number of nitrogens with zero attached hydrogens (tertiary/aromatic N) is 2. The number of hydrogen-bond acceptors (Lipinski definition) is 4. The van der Waals surface area contributed by atoms with Crippen molar-refractivity contribution in [2.24, 2.45) is 0 Å². The first-order chi connectivity index (χ1) is 6.83. The van der Waals surface area contributed by atoms with Crippen LogP contribution in [0.1, 0.15) is 46.0 Å². The van der Waals surface area contributed by atoms with Crippen LogP contribution in [-0.4, -0.2) is 16.2 Å². The summed E-state index contributed by atoms with van der Waals surface area (Å²) in [4.78, 5) is 0. The molecule has 1 atom stereocenters. The van der Waals surface area contributed by atoms with Gasteiger partial charge in [-0.25, -0.2) is 0 Å². The number of unbranched alkanes of at least 4 members (excludes halogenated alkanes) is 3. The van der Waals surface area contributed by atoms with Gasteiger partial charge in [0.25, 0.3) is 0 Å². The molecular weight excluding hydrogens is 194 g/mol. The Labute approximate surface area is 89.9 Å². The fraction of sp³-hybridized carbons (Fsp3) is 0.800. The van der Waals surface area contributed by atoms with E-state index in [9.17, 15) is 0 Å². The van der Waals surface area contributed by atoms with Crippen LogP contribution in [0.2, 0.25) is 0 Å². The molecular formula is C10H19N3S. The highest BCUT2D eigenvalue weighted by molar-refractivity contribution is 7.13. The third kappa shape index (κ3) is 4.56. The van der Waals surface area contributed by atoms with Crippen LogP contribution < -0.4 is 5.32 Å². The van der Waals surface area contributed by atoms with E-state index in [-0.39, 0.29) is 0 Å². The fourth-order valence-corrected chi connectivity index (χ4v) is 1.95. The molecule has 0 fully saturated rings. The van der Waals surface area contributed by atoms with E-state index in [4.69, 9.17) is 0 Å². The standard InChI is InChI=1S/C10H19N3S/c1-3-4-5-6-7-9(2)12-10-13-11-8-14-10/h8-9H,3-7H2,1-2H3,(H,12,13). The van der Waals surface area contributed by atoms with Crippen LogP contribution in [-0.2, 0) is 0 Å². The minimum Gasteiger partial charge on any atom is -0.358 e. The van der Waals surface area contributed by atoms with E-state index in [1.165, 1.54) is 32.1 Å². The molecule has 0 aliphatic rings. The maximum absolute atomic E-state index is 3.96. The number of hydrogen-bond donors (Lipinski definition) is 1. The van der Waals surface area contributed by atoms with E-state index in [1.54, 1.807) is 16.8 Å². The van der Waals surface area contributed by atoms with Crippen molar-refractivity contribution in [1.82, 2.24) is 10.2 Å². The van der Waals surface area contributed by atoms with Gasteiger partial charge in [0.15, 0.2) is 0 Å². The van der Waals surface area contributed by atoms with Gasteiger partial charge in [0, 0.05) is 6.04 Å². The summed E-state index contributed by atoms with van der Waals surface area (Å²) < 4.78 is 0. The number of anilines is 1. The molecule has 0 bridgehead atoms. The van der Waals surface area contributed by atoms with Gasteiger partial charge in [-0.2, -0.15) is 0 Å². The normalized spacial score (nSPS) is 12.7. The summed E-state index contributed by atoms with van der Waals surface area (Å²) in [7, 11) is 0. The van der Waals surface area contributed by atoms with Gasteiger partial charge in [-0.3, -0.25) is 0 Å². The molecule has 14 heavy (non-hydrogen) atoms. The van der Waals surface area contributed by atoms with Gasteiger partial charge in [0.05, 0.1) is 0 Å². The molecule has 1 aromatic heterocycles. The maximum Gasteiger partial charge on any atom is 0.205 e. The van der Waals surface area contributed by atoms with Crippen LogP contribution in [0, 0.1) is 0 Å². The second-order valence-corrected chi connectivity index (χ2v) is 4.47. The lowest BCUT2D eigenvalue weighted by Crippen LogP contribution is -2.14. The minimum absolute atomic E-state index is 0.514. The molecule has 0 saturated carbocycles. The topological polar surface area (TPSA) is 37.8 Å². The van der Waals surface area contributed by atoms with E-state index in [2.05, 4.69) is 29.4 Å². The third-order valence-electron chi connectivity index (χ3n) is 2.22. The number of rotatable bonds is 7. The second kappa shape index (κ2) is 6.76. The Morgan fingerprint density at radius 2 is 2.29 bits per heavy atom. The molecule has 0 spiro atoms. The Morgan fingerprint density at radius 1 is 1.43 bits per heavy atom. The van der Waals surface area contributed by atoms with E-state index in [0.717, 1.165) is 5.13 Å². The van der Waals surface area contributed by atoms with E-state index in [1.807, 2.05) is 0 Å². The summed E-state index contributed by atoms with van der Waals surface area (Å²) in [5.41, 5.74) is 1.76. The Morgan fingerprint density at radius 3 is 2.93 bits per heavy atom. The summed E-state index contributed by atoms with van der Waals surface area (Å²) in [6.07, 6.45) is 6.53. The number of aromatic nitrogens is 2. The average molecular weight is 213 g/mol. The molecule has 0 radical (unpaired) electrons. The van der Waals surface area contributed by atoms with Crippen molar-refractivity contribution in [3.8, 4) is 0 Å². The van der Waals surface area contributed by atoms with Crippen molar-refractivity contribution in [3.05, 3.63) is 5.51 Å². The first-order valence-corrected chi connectivity index (χ1v) is 6.23. The van der Waals surface area contributed by atoms with Crippen LogP contribution in [0.25, 0.3) is 0 Å². The van der Waals surface area contributed by atoms with E-state index >= 15 is 0 Å². The summed E-state index contributed by atoms with van der Waals surface area (Å²) in [5.74, 6) is 0. The molecule has 1 aromatic rings. The van der Waals surface area contributed by atoms with Crippen LogP contribution in [0.15, 0.2) is 5.51 Å². The zero-order valence-corrected chi connectivity index (χ0v) is 9.81. The fourth-order valence-electron chi connectivity index (χ4n) is 1.40. The highest BCUT2D eigenvalue weighted by Gasteiger charge is 2.03. The molecule has 1 heterocycles. The molecule has 0 amide bonds. The van der Waals surface area contributed by atoms with Gasteiger partial charge in [-0.15, -0.1) is 10.2 Å². The molecule has 1 rings (SSSR count). The monoisotopic (exact) mass is 213 g/mol. The molecule has 80 valence electrons. The van der Waals surface area contributed by atoms with Crippen molar-refractivity contribution < 1.29 is 0 Å². The quantitative estimate of drug-likeness (QED) is 0.706. The zero-order chi connectivity index (χ0) is 10.2. The maximum atomic E-state index is 3.96. The van der Waals surface area contributed by atoms with Crippen molar-refractivity contribution in [2.45, 2.75) is 52.0 Å². The molecule has 0 aromatic carbocycles. The van der Waals surface area contributed by atoms with Gasteiger partial charge >= 0.3 is 0 Å². The largest absolute Gasteiger partial charge is 0.358 e. The van der Waals surface area contributed by atoms with Gasteiger partial charge in [-0.05, 0) is 13.3 Å². The molecule has 0 aliphatic carbocycles. The Balaban J connectivity index is 2.07. The van der Waals surface area contributed by atoms with Gasteiger partial charge in [0.2, 0.25) is 5.13 Å². The Bertz CT molecular complexity index is 223. The molecule has 1 N–H and O–H groups in total. The Kier molecular flexibility index (Phi) is 5.52. The first kappa shape index (κ1) is 11.4. The van der Waals surface area contributed by atoms with Crippen molar-refractivity contribution in [3.63, 3.8) is 0 Å². The van der Waals surface area contributed by atoms with Crippen LogP contribution in [0.5, 0.6) is 0 Å². The molecule has 4 heteroatoms. The highest BCUT2D eigenvalue weighted by Crippen LogP contribution is 2.13. The summed E-state index contributed by atoms with van der Waals surface area (Å²) in [5, 5.41) is 12.0. The van der Waals surface area contributed by atoms with E-state index in [0.29, 0.717) is 6.04 Å². The van der Waals surface area contributed by atoms with Crippen molar-refractivity contribution >= 4 is 16.5 Å². The Hall–Kier alpha value is -0.640. The number of nitrogens with one attached hydrogen (secondary N) is 1. The molecule has 1 unspecified atom stereocenters. The van der Waals surface area contributed by atoms with Crippen molar-refractivity contribution in [2.75, 3.05) is 5.32 Å². The average Bonchev–Trinajstić information content (AvgIpc) is 2.65. The molecule has 0 saturated heterocycles. The second-order valence-electron chi connectivity index (χ2n) is 3.64. The molecule has 0 aliphatic heterocycles. The lowest BCUT2D eigenvalue weighted by Gasteiger charge is -2.11. The van der Waals surface area contributed by atoms with E-state index < -0.39 is 0 Å². The van der Waals surface area contributed by atoms with Gasteiger partial charge in [0.1, 0.15) is 5.51 Å². The molecule has 3 nitrogen and oxygen atoms in total. The van der Waals surface area contributed by atoms with Crippen LogP contribution in [0.4, 0.5) is 5.13 Å². The first-order valence-electron chi connectivity index (χ1n) is 5.35. The van der Waals surface area contributed by atoms with Crippen molar-refractivity contribution in [1.29, 1.82) is 0 Å². The minimum atomic E-state index is 0.514. The summed E-state index contributed by atoms with van der Waals surface area (Å²) in [6, 6.07) is 0.514. The predicted molar refractivity (Wildman–Crippen MR) is 61.8 cm³/mol. The zero-order valence-electron chi connectivity index (χ0n) is 8.99. The smallest absolute Gasteiger partial charge is 0.205 e. The third-order valence-corrected chi connectivity index (χ3v) is 2.84. The van der Waals surface area contributed by atoms with Crippen LogP contribution in [0.3, 0.4) is 0 Å². The summed E-state index contributed by atoms with van der Waals surface area (Å²) in [6.45, 7) is 4.44. The SMILES string of the molecule is CCCCCCC(C)Nc1nncs1. The van der Waals surface area contributed by atoms with Gasteiger partial charge in [-0.1, -0.05) is 43.9 Å². The predicted octanol–water partition coefficient (Wildman–Crippen LogP) is 3.31. The highest BCUT2D eigenvalue weighted by atomic mass is 32.1. The van der Waals surface area contributed by atoms with Crippen LogP contribution >= 0.6 is 11.3 Å². The lowest BCUT2D eigenvalue weighted by molar-refractivity contribution is 0.593.